The number of rotatable bonds is 3. The Balaban J connectivity index is 2.34. The number of ether oxygens (including phenoxy) is 1. The van der Waals surface area contributed by atoms with Gasteiger partial charge in [0.2, 0.25) is 0 Å². The monoisotopic (exact) mass is 260 g/mol. The van der Waals surface area contributed by atoms with E-state index in [4.69, 9.17) is 15.3 Å². The molecular weight excluding hydrogens is 248 g/mol. The zero-order valence-corrected chi connectivity index (χ0v) is 11.0. The molecule has 0 aromatic heterocycles. The van der Waals surface area contributed by atoms with Crippen molar-refractivity contribution in [1.29, 1.82) is 10.5 Å². The van der Waals surface area contributed by atoms with Gasteiger partial charge in [0.15, 0.2) is 0 Å². The fraction of sp³-hybridized carbons (Fsp3) is 0.0588. The average Bonchev–Trinajstić information content (AvgIpc) is 2.48. The number of aryl methyl sites for hydroxylation is 1. The summed E-state index contributed by atoms with van der Waals surface area (Å²) in [4.78, 5) is 0. The van der Waals surface area contributed by atoms with E-state index in [1.54, 1.807) is 12.1 Å². The highest BCUT2D eigenvalue weighted by atomic mass is 16.5. The van der Waals surface area contributed by atoms with E-state index in [9.17, 15) is 0 Å². The minimum Gasteiger partial charge on any atom is -0.457 e. The lowest BCUT2D eigenvalue weighted by Gasteiger charge is -2.08. The van der Waals surface area contributed by atoms with Gasteiger partial charge in [0.05, 0.1) is 0 Å². The summed E-state index contributed by atoms with van der Waals surface area (Å²) in [7, 11) is 0. The van der Waals surface area contributed by atoms with Gasteiger partial charge in [-0.2, -0.15) is 10.5 Å². The molecule has 96 valence electrons. The molecule has 0 bridgehead atoms. The molecule has 0 saturated carbocycles. The lowest BCUT2D eigenvalue weighted by Crippen LogP contribution is -1.88. The van der Waals surface area contributed by atoms with E-state index >= 15 is 0 Å². The van der Waals surface area contributed by atoms with Crippen molar-refractivity contribution < 1.29 is 4.74 Å². The van der Waals surface area contributed by atoms with Crippen LogP contribution in [-0.2, 0) is 0 Å². The summed E-state index contributed by atoms with van der Waals surface area (Å²) in [6, 6.07) is 18.7. The summed E-state index contributed by atoms with van der Waals surface area (Å²) in [5.74, 6) is 1.33. The Morgan fingerprint density at radius 2 is 1.65 bits per heavy atom. The Morgan fingerprint density at radius 1 is 1.00 bits per heavy atom. The van der Waals surface area contributed by atoms with Crippen LogP contribution < -0.4 is 4.74 Å². The van der Waals surface area contributed by atoms with Crippen LogP contribution in [0.3, 0.4) is 0 Å². The zero-order valence-electron chi connectivity index (χ0n) is 11.0. The van der Waals surface area contributed by atoms with Crippen molar-refractivity contribution in [2.45, 2.75) is 6.92 Å². The number of benzene rings is 2. The molecule has 2 rings (SSSR count). The highest BCUT2D eigenvalue weighted by molar-refractivity contribution is 5.66. The number of hydrogen-bond acceptors (Lipinski definition) is 3. The maximum atomic E-state index is 8.82. The lowest BCUT2D eigenvalue weighted by atomic mass is 10.1. The predicted octanol–water partition coefficient (Wildman–Crippen LogP) is 4.22. The van der Waals surface area contributed by atoms with Crippen molar-refractivity contribution in [3.05, 3.63) is 65.2 Å². The molecular formula is C17H12N2O. The van der Waals surface area contributed by atoms with Gasteiger partial charge in [-0.1, -0.05) is 35.9 Å². The Hall–Kier alpha value is -3.04. The molecule has 0 fully saturated rings. The van der Waals surface area contributed by atoms with Gasteiger partial charge in [-0.15, -0.1) is 0 Å². The molecule has 2 aromatic rings. The molecule has 0 amide bonds. The van der Waals surface area contributed by atoms with E-state index in [-0.39, 0.29) is 5.57 Å². The fourth-order valence-corrected chi connectivity index (χ4v) is 1.67. The molecule has 0 aliphatic heterocycles. The SMILES string of the molecule is Cc1ccc(Oc2ccccc2C=C(C#N)C#N)cc1. The van der Waals surface area contributed by atoms with Crippen molar-refractivity contribution in [2.24, 2.45) is 0 Å². The highest BCUT2D eigenvalue weighted by Crippen LogP contribution is 2.27. The van der Waals surface area contributed by atoms with Crippen molar-refractivity contribution >= 4 is 6.08 Å². The van der Waals surface area contributed by atoms with E-state index in [1.165, 1.54) is 6.08 Å². The number of para-hydroxylation sites is 1. The van der Waals surface area contributed by atoms with E-state index in [2.05, 4.69) is 0 Å². The molecule has 0 aliphatic carbocycles. The first-order chi connectivity index (χ1) is 9.72. The van der Waals surface area contributed by atoms with Crippen LogP contribution in [0, 0.1) is 29.6 Å². The molecule has 0 atom stereocenters. The first-order valence-electron chi connectivity index (χ1n) is 6.08. The van der Waals surface area contributed by atoms with Crippen LogP contribution >= 0.6 is 0 Å². The van der Waals surface area contributed by atoms with Crippen LogP contribution in [0.4, 0.5) is 0 Å². The smallest absolute Gasteiger partial charge is 0.134 e. The van der Waals surface area contributed by atoms with E-state index < -0.39 is 0 Å². The van der Waals surface area contributed by atoms with Crippen LogP contribution in [0.1, 0.15) is 11.1 Å². The first-order valence-corrected chi connectivity index (χ1v) is 6.08. The number of nitrogens with zero attached hydrogens (tertiary/aromatic N) is 2. The quantitative estimate of drug-likeness (QED) is 0.776. The second-order valence-corrected chi connectivity index (χ2v) is 4.23. The summed E-state index contributed by atoms with van der Waals surface area (Å²) < 4.78 is 5.79. The first kappa shape index (κ1) is 13.4. The summed E-state index contributed by atoms with van der Waals surface area (Å²) in [6.07, 6.45) is 1.52. The molecule has 0 saturated heterocycles. The molecule has 2 aromatic carbocycles. The zero-order chi connectivity index (χ0) is 14.4. The molecule has 20 heavy (non-hydrogen) atoms. The second-order valence-electron chi connectivity index (χ2n) is 4.23. The van der Waals surface area contributed by atoms with Gasteiger partial charge in [-0.3, -0.25) is 0 Å². The summed E-state index contributed by atoms with van der Waals surface area (Å²) >= 11 is 0. The van der Waals surface area contributed by atoms with Gasteiger partial charge in [0.25, 0.3) is 0 Å². The van der Waals surface area contributed by atoms with Gasteiger partial charge in [-0.25, -0.2) is 0 Å². The van der Waals surface area contributed by atoms with Crippen molar-refractivity contribution in [3.8, 4) is 23.6 Å². The number of allylic oxidation sites excluding steroid dienone is 1. The predicted molar refractivity (Wildman–Crippen MR) is 76.9 cm³/mol. The Kier molecular flexibility index (Phi) is 4.17. The molecule has 0 spiro atoms. The second kappa shape index (κ2) is 6.22. The molecule has 0 aliphatic rings. The Labute approximate surface area is 118 Å². The average molecular weight is 260 g/mol. The topological polar surface area (TPSA) is 56.8 Å². The van der Waals surface area contributed by atoms with Crippen LogP contribution in [0.2, 0.25) is 0 Å². The highest BCUT2D eigenvalue weighted by Gasteiger charge is 2.04. The molecule has 3 heteroatoms. The van der Waals surface area contributed by atoms with E-state index in [1.807, 2.05) is 55.5 Å². The van der Waals surface area contributed by atoms with Crippen LogP contribution in [0.25, 0.3) is 6.08 Å². The van der Waals surface area contributed by atoms with Crippen molar-refractivity contribution in [3.63, 3.8) is 0 Å². The molecule has 0 N–H and O–H groups in total. The minimum atomic E-state index is 0.0463. The molecule has 0 unspecified atom stereocenters. The third kappa shape index (κ3) is 3.25. The summed E-state index contributed by atoms with van der Waals surface area (Å²) in [5.41, 5.74) is 1.90. The standard InChI is InChI=1S/C17H12N2O/c1-13-6-8-16(9-7-13)20-17-5-3-2-4-15(17)10-14(11-18)12-19/h2-10H,1H3. The molecule has 3 nitrogen and oxygen atoms in total. The van der Waals surface area contributed by atoms with Crippen molar-refractivity contribution in [1.82, 2.24) is 0 Å². The summed E-state index contributed by atoms with van der Waals surface area (Å²) in [5, 5.41) is 17.6. The maximum absolute atomic E-state index is 8.82. The molecule has 0 heterocycles. The van der Waals surface area contributed by atoms with Crippen molar-refractivity contribution in [2.75, 3.05) is 0 Å². The lowest BCUT2D eigenvalue weighted by molar-refractivity contribution is 0.481. The fourth-order valence-electron chi connectivity index (χ4n) is 1.67. The van der Waals surface area contributed by atoms with Gasteiger partial charge < -0.3 is 4.74 Å². The number of nitriles is 2. The Morgan fingerprint density at radius 3 is 2.30 bits per heavy atom. The molecule has 0 radical (unpaired) electrons. The van der Waals surface area contributed by atoms with E-state index in [0.717, 1.165) is 5.56 Å². The van der Waals surface area contributed by atoms with Gasteiger partial charge in [-0.05, 0) is 31.2 Å². The van der Waals surface area contributed by atoms with Crippen LogP contribution in [0.5, 0.6) is 11.5 Å². The number of hydrogen-bond donors (Lipinski definition) is 0. The third-order valence-electron chi connectivity index (χ3n) is 2.71. The van der Waals surface area contributed by atoms with Crippen LogP contribution in [-0.4, -0.2) is 0 Å². The largest absolute Gasteiger partial charge is 0.457 e. The van der Waals surface area contributed by atoms with E-state index in [0.29, 0.717) is 17.1 Å². The third-order valence-corrected chi connectivity index (χ3v) is 2.71. The normalized spacial score (nSPS) is 9.15. The maximum Gasteiger partial charge on any atom is 0.134 e. The van der Waals surface area contributed by atoms with Gasteiger partial charge in [0.1, 0.15) is 29.2 Å². The Bertz CT molecular complexity index is 700. The summed E-state index contributed by atoms with van der Waals surface area (Å²) in [6.45, 7) is 2.01. The van der Waals surface area contributed by atoms with Gasteiger partial charge >= 0.3 is 0 Å². The minimum absolute atomic E-state index is 0.0463. The van der Waals surface area contributed by atoms with Crippen LogP contribution in [0.15, 0.2) is 54.1 Å². The van der Waals surface area contributed by atoms with Gasteiger partial charge in [0, 0.05) is 5.56 Å².